The summed E-state index contributed by atoms with van der Waals surface area (Å²) in [6.07, 6.45) is 3.04. The van der Waals surface area contributed by atoms with Crippen molar-refractivity contribution in [1.82, 2.24) is 9.88 Å². The fourth-order valence-corrected chi connectivity index (χ4v) is 1.23. The van der Waals surface area contributed by atoms with E-state index in [-0.39, 0.29) is 32.2 Å². The average Bonchev–Trinajstić information content (AvgIpc) is 2.46. The molecule has 13 nitrogen and oxygen atoms in total. The number of amides is 1. The molecule has 0 aliphatic carbocycles. The average molecular weight is 336 g/mol. The Morgan fingerprint density at radius 2 is 1.57 bits per heavy atom. The number of carbonyl (C=O) groups excluding carboxylic acids is 1. The molecule has 1 amide bonds. The van der Waals surface area contributed by atoms with Crippen molar-refractivity contribution in [2.45, 2.75) is 0 Å². The molecule has 0 radical (unpaired) electrons. The number of hydrogen-bond donors (Lipinski definition) is 4. The summed E-state index contributed by atoms with van der Waals surface area (Å²) in [6, 6.07) is 3.32. The van der Waals surface area contributed by atoms with Crippen LogP contribution in [0.2, 0.25) is 0 Å². The van der Waals surface area contributed by atoms with Gasteiger partial charge in [0, 0.05) is 25.5 Å². The number of aliphatic hydroxyl groups excluding tert-OH is 2. The molecule has 0 aliphatic heterocycles. The first-order valence-electron chi connectivity index (χ1n) is 5.83. The maximum Gasteiger partial charge on any atom is 0.291 e. The Morgan fingerprint density at radius 3 is 1.87 bits per heavy atom. The van der Waals surface area contributed by atoms with Gasteiger partial charge in [-0.1, -0.05) is 0 Å². The van der Waals surface area contributed by atoms with E-state index < -0.39 is 10.2 Å². The largest absolute Gasteiger partial charge is 0.395 e. The standard InChI is InChI=1S/C10H14N2O3.2HNO3/c13-6-4-12(5-7-14)10(15)9-2-1-3-11-8-9;2*2-1(3)4/h1-3,8,13-14H,4-7H2;2*(H,2,3,4). The number of aromatic nitrogens is 1. The summed E-state index contributed by atoms with van der Waals surface area (Å²) >= 11 is 0. The van der Waals surface area contributed by atoms with E-state index >= 15 is 0 Å². The minimum atomic E-state index is -1.50. The first-order valence-corrected chi connectivity index (χ1v) is 5.83. The van der Waals surface area contributed by atoms with Gasteiger partial charge >= 0.3 is 0 Å². The molecule has 0 spiro atoms. The Morgan fingerprint density at radius 1 is 1.13 bits per heavy atom. The van der Waals surface area contributed by atoms with Gasteiger partial charge in [-0.25, -0.2) is 0 Å². The molecule has 0 unspecified atom stereocenters. The van der Waals surface area contributed by atoms with Crippen LogP contribution in [0.4, 0.5) is 0 Å². The molecule has 1 aromatic rings. The van der Waals surface area contributed by atoms with Crippen LogP contribution in [0.15, 0.2) is 24.5 Å². The summed E-state index contributed by atoms with van der Waals surface area (Å²) in [6.45, 7) is 0.195. The summed E-state index contributed by atoms with van der Waals surface area (Å²) in [5.74, 6) is -0.230. The van der Waals surface area contributed by atoms with E-state index in [2.05, 4.69) is 4.98 Å². The monoisotopic (exact) mass is 336 g/mol. The fourth-order valence-electron chi connectivity index (χ4n) is 1.23. The molecule has 0 saturated carbocycles. The lowest BCUT2D eigenvalue weighted by Gasteiger charge is -2.20. The van der Waals surface area contributed by atoms with Crippen molar-refractivity contribution in [3.63, 3.8) is 0 Å². The van der Waals surface area contributed by atoms with Crippen molar-refractivity contribution >= 4 is 5.91 Å². The van der Waals surface area contributed by atoms with Gasteiger partial charge in [0.1, 0.15) is 0 Å². The molecule has 0 bridgehead atoms. The zero-order valence-corrected chi connectivity index (χ0v) is 11.8. The number of nitrogens with zero attached hydrogens (tertiary/aromatic N) is 4. The molecular weight excluding hydrogens is 320 g/mol. The zero-order chi connectivity index (χ0) is 18.3. The van der Waals surface area contributed by atoms with E-state index in [4.69, 9.17) is 40.9 Å². The second-order valence-corrected chi connectivity index (χ2v) is 3.46. The molecule has 130 valence electrons. The Kier molecular flexibility index (Phi) is 13.4. The zero-order valence-electron chi connectivity index (χ0n) is 11.8. The van der Waals surface area contributed by atoms with E-state index in [0.29, 0.717) is 5.56 Å². The van der Waals surface area contributed by atoms with Gasteiger partial charge in [0.15, 0.2) is 0 Å². The first kappa shape index (κ1) is 22.2. The molecule has 1 rings (SSSR count). The van der Waals surface area contributed by atoms with Gasteiger partial charge < -0.3 is 25.5 Å². The predicted octanol–water partition coefficient (Wildman–Crippen LogP) is -1.19. The number of carbonyl (C=O) groups is 1. The second kappa shape index (κ2) is 13.9. The normalized spacial score (nSPS) is 8.61. The number of rotatable bonds is 5. The molecule has 0 fully saturated rings. The van der Waals surface area contributed by atoms with Crippen molar-refractivity contribution in [2.24, 2.45) is 0 Å². The highest BCUT2D eigenvalue weighted by Gasteiger charge is 2.14. The van der Waals surface area contributed by atoms with Crippen molar-refractivity contribution in [2.75, 3.05) is 26.3 Å². The third kappa shape index (κ3) is 15.2. The van der Waals surface area contributed by atoms with Crippen LogP contribution in [0.1, 0.15) is 10.4 Å². The molecule has 1 heterocycles. The quantitative estimate of drug-likeness (QED) is 0.374. The molecule has 4 N–H and O–H groups in total. The van der Waals surface area contributed by atoms with E-state index in [1.165, 1.54) is 11.1 Å². The SMILES string of the molecule is O=C(c1cccnc1)N(CCO)CCO.O=[N+]([O-])O.O=[N+]([O-])O. The van der Waals surface area contributed by atoms with Gasteiger partial charge in [-0.05, 0) is 12.1 Å². The summed E-state index contributed by atoms with van der Waals surface area (Å²) in [4.78, 5) is 33.7. The summed E-state index contributed by atoms with van der Waals surface area (Å²) in [7, 11) is 0. The topological polar surface area (TPSA) is 200 Å². The van der Waals surface area contributed by atoms with Crippen LogP contribution >= 0.6 is 0 Å². The molecule has 0 aliphatic rings. The van der Waals surface area contributed by atoms with Gasteiger partial charge in [0.2, 0.25) is 0 Å². The predicted molar refractivity (Wildman–Crippen MR) is 71.9 cm³/mol. The van der Waals surface area contributed by atoms with Crippen LogP contribution in [-0.2, 0) is 0 Å². The van der Waals surface area contributed by atoms with Gasteiger partial charge in [0.25, 0.3) is 16.1 Å². The van der Waals surface area contributed by atoms with Crippen molar-refractivity contribution < 1.29 is 35.6 Å². The highest BCUT2D eigenvalue weighted by atomic mass is 16.9. The Bertz CT molecular complexity index is 445. The van der Waals surface area contributed by atoms with Gasteiger partial charge in [0.05, 0.1) is 18.8 Å². The van der Waals surface area contributed by atoms with E-state index in [9.17, 15) is 4.79 Å². The van der Waals surface area contributed by atoms with E-state index in [0.717, 1.165) is 0 Å². The van der Waals surface area contributed by atoms with Crippen LogP contribution < -0.4 is 0 Å². The lowest BCUT2D eigenvalue weighted by Crippen LogP contribution is -2.35. The van der Waals surface area contributed by atoms with Crippen LogP contribution in [0, 0.1) is 20.2 Å². The smallest absolute Gasteiger partial charge is 0.291 e. The van der Waals surface area contributed by atoms with Crippen LogP contribution in [0.5, 0.6) is 0 Å². The number of aliphatic hydroxyl groups is 2. The molecule has 0 saturated heterocycles. The third-order valence-corrected chi connectivity index (χ3v) is 1.94. The minimum absolute atomic E-state index is 0.119. The van der Waals surface area contributed by atoms with Crippen molar-refractivity contribution in [3.8, 4) is 0 Å². The minimum Gasteiger partial charge on any atom is -0.395 e. The van der Waals surface area contributed by atoms with Gasteiger partial charge in [-0.2, -0.15) is 0 Å². The molecule has 23 heavy (non-hydrogen) atoms. The van der Waals surface area contributed by atoms with Crippen molar-refractivity contribution in [1.29, 1.82) is 0 Å². The van der Waals surface area contributed by atoms with Gasteiger partial charge in [-0.3, -0.25) is 9.78 Å². The number of hydrogen-bond acceptors (Lipinski definition) is 8. The molecule has 0 aromatic carbocycles. The molecule has 0 atom stereocenters. The Labute approximate surface area is 129 Å². The molecular formula is C10H16N4O9. The van der Waals surface area contributed by atoms with Crippen LogP contribution in [-0.4, -0.2) is 72.9 Å². The lowest BCUT2D eigenvalue weighted by molar-refractivity contribution is -0.742. The van der Waals surface area contributed by atoms with Crippen LogP contribution in [0.25, 0.3) is 0 Å². The Hall–Kier alpha value is -3.06. The highest BCUT2D eigenvalue weighted by molar-refractivity contribution is 5.93. The van der Waals surface area contributed by atoms with E-state index in [1.54, 1.807) is 18.3 Å². The Balaban J connectivity index is 0. The summed E-state index contributed by atoms with van der Waals surface area (Å²) in [5.41, 5.74) is 0.458. The van der Waals surface area contributed by atoms with Crippen molar-refractivity contribution in [3.05, 3.63) is 50.3 Å². The summed E-state index contributed by atoms with van der Waals surface area (Å²) in [5, 5.41) is 44.8. The maximum absolute atomic E-state index is 11.8. The molecule has 13 heteroatoms. The van der Waals surface area contributed by atoms with Gasteiger partial charge in [-0.15, -0.1) is 20.2 Å². The van der Waals surface area contributed by atoms with Crippen LogP contribution in [0.3, 0.4) is 0 Å². The third-order valence-electron chi connectivity index (χ3n) is 1.94. The molecule has 1 aromatic heterocycles. The highest BCUT2D eigenvalue weighted by Crippen LogP contribution is 2.02. The maximum atomic E-state index is 11.8. The fraction of sp³-hybridized carbons (Fsp3) is 0.400. The lowest BCUT2D eigenvalue weighted by atomic mass is 10.2. The first-order chi connectivity index (χ1) is 10.8. The summed E-state index contributed by atoms with van der Waals surface area (Å²) < 4.78 is 0. The number of pyridine rings is 1. The second-order valence-electron chi connectivity index (χ2n) is 3.46. The van der Waals surface area contributed by atoms with E-state index in [1.807, 2.05) is 0 Å².